The number of hydrogen-bond donors (Lipinski definition) is 1. The summed E-state index contributed by atoms with van der Waals surface area (Å²) >= 11 is 11.7. The fraction of sp³-hybridized carbons (Fsp3) is 0.400. The van der Waals surface area contributed by atoms with Crippen molar-refractivity contribution >= 4 is 40.8 Å². The van der Waals surface area contributed by atoms with Crippen molar-refractivity contribution in [1.82, 2.24) is 5.43 Å². The molecule has 8 heteroatoms. The summed E-state index contributed by atoms with van der Waals surface area (Å²) in [5.74, 6) is -1.08. The summed E-state index contributed by atoms with van der Waals surface area (Å²) in [7, 11) is 0. The Labute approximate surface area is 144 Å². The number of nitrogens with one attached hydrogen (secondary N) is 1. The van der Waals surface area contributed by atoms with Gasteiger partial charge < -0.3 is 9.47 Å². The Hall–Kier alpha value is -1.79. The maximum Gasteiger partial charge on any atom is 0.314 e. The second-order valence-electron chi connectivity index (χ2n) is 4.63. The quantitative estimate of drug-likeness (QED) is 0.460. The molecule has 0 aliphatic heterocycles. The van der Waals surface area contributed by atoms with Crippen LogP contribution >= 0.6 is 23.2 Å². The zero-order valence-electron chi connectivity index (χ0n) is 13.1. The molecule has 0 saturated carbocycles. The molecule has 0 aliphatic rings. The summed E-state index contributed by atoms with van der Waals surface area (Å²) in [5, 5.41) is 4.64. The van der Waals surface area contributed by atoms with Gasteiger partial charge in [-0.2, -0.15) is 5.10 Å². The highest BCUT2D eigenvalue weighted by atomic mass is 35.5. The molecular weight excluding hydrogens is 343 g/mol. The lowest BCUT2D eigenvalue weighted by molar-refractivity contribution is -0.145. The largest absolute Gasteiger partial charge is 0.482 e. The van der Waals surface area contributed by atoms with E-state index in [1.165, 1.54) is 6.07 Å². The van der Waals surface area contributed by atoms with Gasteiger partial charge in [-0.15, -0.1) is 0 Å². The molecule has 0 aromatic heterocycles. The fourth-order valence-electron chi connectivity index (χ4n) is 1.45. The van der Waals surface area contributed by atoms with Crippen molar-refractivity contribution in [3.05, 3.63) is 28.2 Å². The molecule has 23 heavy (non-hydrogen) atoms. The second-order valence-corrected chi connectivity index (χ2v) is 5.47. The number of hydrazone groups is 1. The van der Waals surface area contributed by atoms with Crippen molar-refractivity contribution in [3.63, 3.8) is 0 Å². The summed E-state index contributed by atoms with van der Waals surface area (Å²) in [4.78, 5) is 23.2. The van der Waals surface area contributed by atoms with Gasteiger partial charge in [0.15, 0.2) is 6.61 Å². The molecule has 0 unspecified atom stereocenters. The molecular formula is C15H18Cl2N2O4. The van der Waals surface area contributed by atoms with Crippen molar-refractivity contribution < 1.29 is 19.1 Å². The monoisotopic (exact) mass is 360 g/mol. The number of amides is 1. The van der Waals surface area contributed by atoms with Crippen LogP contribution in [0.3, 0.4) is 0 Å². The van der Waals surface area contributed by atoms with Gasteiger partial charge in [-0.1, -0.05) is 23.2 Å². The van der Waals surface area contributed by atoms with Gasteiger partial charge in [-0.05, 0) is 39.0 Å². The highest BCUT2D eigenvalue weighted by Gasteiger charge is 2.17. The van der Waals surface area contributed by atoms with Gasteiger partial charge in [0.05, 0.1) is 17.5 Å². The third-order valence-corrected chi connectivity index (χ3v) is 3.41. The molecule has 0 spiro atoms. The van der Waals surface area contributed by atoms with Gasteiger partial charge in [0.25, 0.3) is 5.91 Å². The van der Waals surface area contributed by atoms with E-state index in [9.17, 15) is 9.59 Å². The van der Waals surface area contributed by atoms with E-state index < -0.39 is 17.8 Å². The van der Waals surface area contributed by atoms with Gasteiger partial charge in [0.1, 0.15) is 5.75 Å². The molecule has 0 radical (unpaired) electrons. The number of nitrogens with zero attached hydrogens (tertiary/aromatic N) is 1. The van der Waals surface area contributed by atoms with Gasteiger partial charge in [-0.3, -0.25) is 9.59 Å². The Morgan fingerprint density at radius 1 is 1.35 bits per heavy atom. The number of carbonyl (C=O) groups excluding carboxylic acids is 2. The van der Waals surface area contributed by atoms with Gasteiger partial charge >= 0.3 is 5.97 Å². The van der Waals surface area contributed by atoms with Crippen LogP contribution in [0, 0.1) is 5.92 Å². The Bertz CT molecular complexity index is 605. The highest BCUT2D eigenvalue weighted by Crippen LogP contribution is 2.27. The standard InChI is InChI=1S/C15H18Cl2N2O4/c1-4-22-15(21)9(2)10(3)18-19-14(20)8-23-13-6-5-11(16)7-12(13)17/h5-7,9H,4,8H2,1-3H3,(H,19,20)/b18-10+/t9-/m0/s1. The second kappa shape index (κ2) is 9.37. The van der Waals surface area contributed by atoms with Crippen molar-refractivity contribution in [2.75, 3.05) is 13.2 Å². The maximum atomic E-state index is 11.7. The van der Waals surface area contributed by atoms with E-state index in [1.54, 1.807) is 32.9 Å². The third-order valence-electron chi connectivity index (χ3n) is 2.88. The molecule has 1 rings (SSSR count). The van der Waals surface area contributed by atoms with Crippen molar-refractivity contribution in [2.24, 2.45) is 11.0 Å². The molecule has 1 N–H and O–H groups in total. The van der Waals surface area contributed by atoms with Crippen LogP contribution in [0.1, 0.15) is 20.8 Å². The van der Waals surface area contributed by atoms with Crippen LogP contribution in [0.4, 0.5) is 0 Å². The Kier molecular flexibility index (Phi) is 7.85. The first kappa shape index (κ1) is 19.3. The summed E-state index contributed by atoms with van der Waals surface area (Å²) in [5.41, 5.74) is 2.74. The van der Waals surface area contributed by atoms with Gasteiger partial charge in [0, 0.05) is 10.7 Å². The molecule has 0 bridgehead atoms. The van der Waals surface area contributed by atoms with E-state index in [-0.39, 0.29) is 6.61 Å². The van der Waals surface area contributed by atoms with Crippen LogP contribution in [0.15, 0.2) is 23.3 Å². The van der Waals surface area contributed by atoms with E-state index in [2.05, 4.69) is 10.5 Å². The lowest BCUT2D eigenvalue weighted by Crippen LogP contribution is -2.28. The molecule has 1 aromatic rings. The highest BCUT2D eigenvalue weighted by molar-refractivity contribution is 6.35. The number of carbonyl (C=O) groups is 2. The normalized spacial score (nSPS) is 12.5. The first-order valence-electron chi connectivity index (χ1n) is 6.92. The first-order chi connectivity index (χ1) is 10.8. The van der Waals surface area contributed by atoms with Crippen LogP contribution in [0.2, 0.25) is 10.0 Å². The molecule has 0 fully saturated rings. The summed E-state index contributed by atoms with van der Waals surface area (Å²) in [6.07, 6.45) is 0. The summed E-state index contributed by atoms with van der Waals surface area (Å²) < 4.78 is 10.1. The Morgan fingerprint density at radius 2 is 2.04 bits per heavy atom. The number of esters is 1. The lowest BCUT2D eigenvalue weighted by atomic mass is 10.1. The first-order valence-corrected chi connectivity index (χ1v) is 7.68. The minimum atomic E-state index is -0.540. The van der Waals surface area contributed by atoms with Crippen molar-refractivity contribution in [1.29, 1.82) is 0 Å². The maximum absolute atomic E-state index is 11.7. The van der Waals surface area contributed by atoms with Gasteiger partial charge in [0.2, 0.25) is 0 Å². The third kappa shape index (κ3) is 6.46. The number of halogens is 2. The number of benzene rings is 1. The molecule has 0 heterocycles. The van der Waals surface area contributed by atoms with E-state index in [0.29, 0.717) is 28.1 Å². The number of rotatable bonds is 7. The predicted molar refractivity (Wildman–Crippen MR) is 89.0 cm³/mol. The zero-order chi connectivity index (χ0) is 17.4. The van der Waals surface area contributed by atoms with Crippen LogP contribution < -0.4 is 10.2 Å². The smallest absolute Gasteiger partial charge is 0.314 e. The van der Waals surface area contributed by atoms with E-state index in [1.807, 2.05) is 0 Å². The lowest BCUT2D eigenvalue weighted by Gasteiger charge is -2.10. The molecule has 1 aromatic carbocycles. The average Bonchev–Trinajstić information content (AvgIpc) is 2.51. The van der Waals surface area contributed by atoms with E-state index >= 15 is 0 Å². The Morgan fingerprint density at radius 3 is 2.65 bits per heavy atom. The minimum absolute atomic E-state index is 0.272. The molecule has 126 valence electrons. The minimum Gasteiger partial charge on any atom is -0.482 e. The van der Waals surface area contributed by atoms with Crippen molar-refractivity contribution in [3.8, 4) is 5.75 Å². The van der Waals surface area contributed by atoms with Crippen LogP contribution in [0.5, 0.6) is 5.75 Å². The number of hydrogen-bond acceptors (Lipinski definition) is 5. The fourth-order valence-corrected chi connectivity index (χ4v) is 1.92. The van der Waals surface area contributed by atoms with Crippen LogP contribution in [-0.2, 0) is 14.3 Å². The predicted octanol–water partition coefficient (Wildman–Crippen LogP) is 3.06. The van der Waals surface area contributed by atoms with Crippen LogP contribution in [0.25, 0.3) is 0 Å². The molecule has 0 aliphatic carbocycles. The average molecular weight is 361 g/mol. The van der Waals surface area contributed by atoms with Crippen LogP contribution in [-0.4, -0.2) is 30.8 Å². The van der Waals surface area contributed by atoms with Gasteiger partial charge in [-0.25, -0.2) is 5.43 Å². The van der Waals surface area contributed by atoms with E-state index in [4.69, 9.17) is 32.7 Å². The van der Waals surface area contributed by atoms with Crippen molar-refractivity contribution in [2.45, 2.75) is 20.8 Å². The van der Waals surface area contributed by atoms with E-state index in [0.717, 1.165) is 0 Å². The molecule has 0 saturated heterocycles. The summed E-state index contributed by atoms with van der Waals surface area (Å²) in [6, 6.07) is 4.68. The molecule has 6 nitrogen and oxygen atoms in total. The molecule has 1 amide bonds. The zero-order valence-corrected chi connectivity index (χ0v) is 14.6. The summed E-state index contributed by atoms with van der Waals surface area (Å²) in [6.45, 7) is 5.01. The SMILES string of the molecule is CCOC(=O)[C@@H](C)/C(C)=N/NC(=O)COc1ccc(Cl)cc1Cl. The number of ether oxygens (including phenoxy) is 2. The molecule has 1 atom stereocenters. The Balaban J connectivity index is 2.50. The topological polar surface area (TPSA) is 77.0 Å².